The molecule has 2 aliphatic rings. The number of benzene rings is 1. The summed E-state index contributed by atoms with van der Waals surface area (Å²) in [4.78, 5) is 30.3. The molecule has 7 nitrogen and oxygen atoms in total. The van der Waals surface area contributed by atoms with Crippen LogP contribution in [0.2, 0.25) is 0 Å². The Kier molecular flexibility index (Phi) is 5.31. The van der Waals surface area contributed by atoms with E-state index in [9.17, 15) is 23.5 Å². The second-order valence-electron chi connectivity index (χ2n) is 7.55. The lowest BCUT2D eigenvalue weighted by Gasteiger charge is -2.44. The fourth-order valence-electron chi connectivity index (χ4n) is 3.91. The van der Waals surface area contributed by atoms with Crippen LogP contribution in [-0.4, -0.2) is 52.0 Å². The highest BCUT2D eigenvalue weighted by atomic mass is 19.1. The van der Waals surface area contributed by atoms with Crippen LogP contribution in [0.3, 0.4) is 0 Å². The van der Waals surface area contributed by atoms with Crippen molar-refractivity contribution >= 4 is 11.9 Å². The molecule has 2 fully saturated rings. The smallest absolute Gasteiger partial charge is 0.309 e. The first kappa shape index (κ1) is 19.5. The van der Waals surface area contributed by atoms with E-state index in [0.29, 0.717) is 25.1 Å². The Balaban J connectivity index is 1.44. The molecule has 2 heterocycles. The Bertz CT molecular complexity index is 928. The normalized spacial score (nSPS) is 22.8. The molecule has 2 atom stereocenters. The monoisotopic (exact) mass is 405 g/mol. The van der Waals surface area contributed by atoms with Gasteiger partial charge >= 0.3 is 11.9 Å². The molecule has 9 heteroatoms. The van der Waals surface area contributed by atoms with Gasteiger partial charge < -0.3 is 14.8 Å². The van der Waals surface area contributed by atoms with Crippen molar-refractivity contribution in [1.82, 2.24) is 15.2 Å². The lowest BCUT2D eigenvalue weighted by Crippen LogP contribution is -2.56. The molecule has 1 aliphatic heterocycles. The van der Waals surface area contributed by atoms with Crippen LogP contribution in [0.25, 0.3) is 11.3 Å². The highest BCUT2D eigenvalue weighted by molar-refractivity contribution is 5.90. The van der Waals surface area contributed by atoms with Gasteiger partial charge in [-0.2, -0.15) is 0 Å². The average molecular weight is 405 g/mol. The van der Waals surface area contributed by atoms with E-state index in [-0.39, 0.29) is 17.2 Å². The Morgan fingerprint density at radius 3 is 2.69 bits per heavy atom. The number of rotatable bonds is 5. The number of oxazole rings is 1. The first-order valence-corrected chi connectivity index (χ1v) is 9.61. The van der Waals surface area contributed by atoms with Gasteiger partial charge in [0.05, 0.1) is 17.7 Å². The fourth-order valence-corrected chi connectivity index (χ4v) is 3.91. The maximum Gasteiger partial charge on any atom is 0.309 e. The number of halogens is 2. The molecule has 1 saturated heterocycles. The third-order valence-corrected chi connectivity index (χ3v) is 5.77. The molecule has 2 aromatic rings. The van der Waals surface area contributed by atoms with Crippen LogP contribution in [0.4, 0.5) is 8.78 Å². The van der Waals surface area contributed by atoms with Gasteiger partial charge in [0.2, 0.25) is 0 Å². The van der Waals surface area contributed by atoms with Gasteiger partial charge in [-0.1, -0.05) is 6.42 Å². The van der Waals surface area contributed by atoms with E-state index >= 15 is 0 Å². The Morgan fingerprint density at radius 2 is 2.03 bits per heavy atom. The third kappa shape index (κ3) is 4.00. The van der Waals surface area contributed by atoms with E-state index in [1.54, 1.807) is 0 Å². The number of nitrogens with zero attached hydrogens (tertiary/aromatic N) is 2. The van der Waals surface area contributed by atoms with Crippen LogP contribution in [0.1, 0.15) is 36.4 Å². The molecule has 4 rings (SSSR count). The Labute approximate surface area is 165 Å². The molecular formula is C20H21F2N3O4. The van der Waals surface area contributed by atoms with Gasteiger partial charge in [0.15, 0.2) is 5.76 Å². The van der Waals surface area contributed by atoms with E-state index in [1.807, 2.05) is 0 Å². The lowest BCUT2D eigenvalue weighted by molar-refractivity contribution is -0.145. The summed E-state index contributed by atoms with van der Waals surface area (Å²) in [5, 5.41) is 12.3. The zero-order valence-electron chi connectivity index (χ0n) is 15.6. The Morgan fingerprint density at radius 1 is 1.24 bits per heavy atom. The molecule has 2 N–H and O–H groups in total. The van der Waals surface area contributed by atoms with E-state index < -0.39 is 35.5 Å². The average Bonchev–Trinajstić information content (AvgIpc) is 3.11. The van der Waals surface area contributed by atoms with Crippen molar-refractivity contribution < 1.29 is 27.9 Å². The molecule has 1 saturated carbocycles. The highest BCUT2D eigenvalue weighted by Crippen LogP contribution is 2.30. The van der Waals surface area contributed by atoms with Crippen LogP contribution in [-0.2, 0) is 4.79 Å². The summed E-state index contributed by atoms with van der Waals surface area (Å²) in [6.07, 6.45) is 5.03. The van der Waals surface area contributed by atoms with Gasteiger partial charge in [0, 0.05) is 31.2 Å². The van der Waals surface area contributed by atoms with Crippen LogP contribution in [0.5, 0.6) is 0 Å². The van der Waals surface area contributed by atoms with Crippen LogP contribution >= 0.6 is 0 Å². The first-order valence-electron chi connectivity index (χ1n) is 9.61. The molecule has 154 valence electrons. The van der Waals surface area contributed by atoms with Crippen molar-refractivity contribution in [3.05, 3.63) is 41.9 Å². The maximum absolute atomic E-state index is 13.9. The summed E-state index contributed by atoms with van der Waals surface area (Å²) in [5.74, 6) is -4.21. The predicted molar refractivity (Wildman–Crippen MR) is 98.1 cm³/mol. The number of amides is 1. The summed E-state index contributed by atoms with van der Waals surface area (Å²) in [6.45, 7) is 1.11. The van der Waals surface area contributed by atoms with Crippen molar-refractivity contribution in [2.75, 3.05) is 13.1 Å². The second-order valence-corrected chi connectivity index (χ2v) is 7.55. The molecule has 0 unspecified atom stereocenters. The number of nitrogens with one attached hydrogen (secondary N) is 1. The number of aliphatic carboxylic acids is 1. The van der Waals surface area contributed by atoms with E-state index in [1.165, 1.54) is 18.7 Å². The summed E-state index contributed by atoms with van der Waals surface area (Å²) < 4.78 is 32.3. The third-order valence-electron chi connectivity index (χ3n) is 5.77. The van der Waals surface area contributed by atoms with Gasteiger partial charge in [-0.05, 0) is 31.4 Å². The number of piperidine rings is 1. The van der Waals surface area contributed by atoms with Gasteiger partial charge in [0.25, 0.3) is 5.89 Å². The number of carbonyl (C=O) groups excluding carboxylic acids is 1. The first-order chi connectivity index (χ1) is 13.9. The van der Waals surface area contributed by atoms with Crippen molar-refractivity contribution in [2.24, 2.45) is 5.92 Å². The summed E-state index contributed by atoms with van der Waals surface area (Å²) in [6, 6.07) is 2.88. The zero-order valence-corrected chi connectivity index (χ0v) is 15.6. The topological polar surface area (TPSA) is 95.7 Å². The molecule has 1 aliphatic carbocycles. The minimum atomic E-state index is -0.958. The zero-order chi connectivity index (χ0) is 20.5. The van der Waals surface area contributed by atoms with Gasteiger partial charge in [-0.25, -0.2) is 13.8 Å². The molecule has 0 bridgehead atoms. The van der Waals surface area contributed by atoms with Crippen LogP contribution in [0.15, 0.2) is 28.8 Å². The fraction of sp³-hybridized carbons (Fsp3) is 0.450. The van der Waals surface area contributed by atoms with E-state index in [4.69, 9.17) is 4.42 Å². The summed E-state index contributed by atoms with van der Waals surface area (Å²) in [5.41, 5.74) is -0.0184. The number of hydrogen-bond donors (Lipinski definition) is 2. The highest BCUT2D eigenvalue weighted by Gasteiger charge is 2.39. The van der Waals surface area contributed by atoms with Crippen molar-refractivity contribution in [2.45, 2.75) is 37.8 Å². The maximum atomic E-state index is 13.9. The number of hydrogen-bond acceptors (Lipinski definition) is 5. The van der Waals surface area contributed by atoms with Crippen molar-refractivity contribution in [3.8, 4) is 11.3 Å². The molecule has 1 amide bonds. The number of aromatic nitrogens is 1. The minimum Gasteiger partial charge on any atom is -0.481 e. The lowest BCUT2D eigenvalue weighted by atomic mass is 9.85. The van der Waals surface area contributed by atoms with Crippen molar-refractivity contribution in [1.29, 1.82) is 0 Å². The van der Waals surface area contributed by atoms with Gasteiger partial charge in [-0.15, -0.1) is 0 Å². The summed E-state index contributed by atoms with van der Waals surface area (Å²) in [7, 11) is 0. The number of carboxylic acid groups (broad SMARTS) is 1. The molecule has 0 radical (unpaired) electrons. The van der Waals surface area contributed by atoms with Gasteiger partial charge in [-0.3, -0.25) is 14.5 Å². The number of carbonyl (C=O) groups is 2. The van der Waals surface area contributed by atoms with E-state index in [0.717, 1.165) is 25.5 Å². The van der Waals surface area contributed by atoms with Crippen LogP contribution in [0, 0.1) is 17.6 Å². The summed E-state index contributed by atoms with van der Waals surface area (Å²) >= 11 is 0. The van der Waals surface area contributed by atoms with Crippen LogP contribution < -0.4 is 5.32 Å². The minimum absolute atomic E-state index is 0.0118. The molecule has 1 aromatic heterocycles. The molecule has 0 spiro atoms. The standard InChI is InChI=1S/C20H21F2N3O4/c21-11-4-5-13(15(22)8-11)17-9-23-19(29-17)18(26)24-16-6-7-25(12-2-1-3-12)10-14(16)20(27)28/h4-5,8-9,12,14,16H,1-3,6-7,10H2,(H,24,26)(H,27,28)/t14-,16-/m0/s1. The van der Waals surface area contributed by atoms with Crippen molar-refractivity contribution in [3.63, 3.8) is 0 Å². The largest absolute Gasteiger partial charge is 0.481 e. The number of likely N-dealkylation sites (tertiary alicyclic amines) is 1. The quantitative estimate of drug-likeness (QED) is 0.794. The second kappa shape index (κ2) is 7.90. The predicted octanol–water partition coefficient (Wildman–Crippen LogP) is 2.68. The number of carboxylic acids is 1. The molecule has 29 heavy (non-hydrogen) atoms. The van der Waals surface area contributed by atoms with Gasteiger partial charge in [0.1, 0.15) is 11.6 Å². The molecule has 1 aromatic carbocycles. The SMILES string of the molecule is O=C(N[C@H]1CCN(C2CCC2)C[C@@H]1C(=O)O)c1ncc(-c2ccc(F)cc2F)o1. The molecular weight excluding hydrogens is 384 g/mol. The van der Waals surface area contributed by atoms with E-state index in [2.05, 4.69) is 15.2 Å². The Hall–Kier alpha value is -2.81.